The number of likely N-dealkylation sites (tertiary alicyclic amines) is 1. The Hall–Kier alpha value is -2.84. The van der Waals surface area contributed by atoms with Gasteiger partial charge in [-0.05, 0) is 30.2 Å². The van der Waals surface area contributed by atoms with Gasteiger partial charge in [0.15, 0.2) is 11.9 Å². The summed E-state index contributed by atoms with van der Waals surface area (Å²) in [6, 6.07) is 11.9. The van der Waals surface area contributed by atoms with Gasteiger partial charge in [-0.15, -0.1) is 0 Å². The molecule has 3 aliphatic rings. The summed E-state index contributed by atoms with van der Waals surface area (Å²) >= 11 is 0. The molecule has 164 valence electrons. The molecule has 1 amide bonds. The highest BCUT2D eigenvalue weighted by atomic mass is 16.6. The Kier molecular flexibility index (Phi) is 5.41. The number of pyridine rings is 1. The zero-order valence-corrected chi connectivity index (χ0v) is 17.4. The molecule has 3 heterocycles. The zero-order valence-electron chi connectivity index (χ0n) is 17.4. The number of benzene rings is 1. The minimum Gasteiger partial charge on any atom is -0.484 e. The van der Waals surface area contributed by atoms with Crippen molar-refractivity contribution in [2.75, 3.05) is 26.3 Å². The third kappa shape index (κ3) is 4.31. The van der Waals surface area contributed by atoms with E-state index in [0.29, 0.717) is 30.1 Å². The summed E-state index contributed by atoms with van der Waals surface area (Å²) in [5.74, 6) is 2.05. The second-order valence-electron chi connectivity index (χ2n) is 8.59. The van der Waals surface area contributed by atoms with Gasteiger partial charge in [0.25, 0.3) is 5.88 Å². The number of hydrogen-bond donors (Lipinski definition) is 2. The first-order valence-corrected chi connectivity index (χ1v) is 10.7. The predicted molar refractivity (Wildman–Crippen MR) is 112 cm³/mol. The number of aliphatic hydroxyl groups excluding tert-OH is 1. The van der Waals surface area contributed by atoms with Crippen molar-refractivity contribution >= 4 is 6.09 Å². The van der Waals surface area contributed by atoms with Gasteiger partial charge in [0, 0.05) is 37.7 Å². The van der Waals surface area contributed by atoms with Crippen molar-refractivity contribution in [1.82, 2.24) is 15.2 Å². The van der Waals surface area contributed by atoms with Crippen LogP contribution in [0.25, 0.3) is 0 Å². The summed E-state index contributed by atoms with van der Waals surface area (Å²) in [6.45, 7) is 4.86. The molecule has 1 aromatic carbocycles. The van der Waals surface area contributed by atoms with Crippen LogP contribution in [0.4, 0.5) is 4.79 Å². The molecule has 0 bridgehead atoms. The molecule has 1 saturated carbocycles. The fourth-order valence-corrected chi connectivity index (χ4v) is 4.44. The molecule has 2 aliphatic heterocycles. The monoisotopic (exact) mass is 425 g/mol. The zero-order chi connectivity index (χ0) is 21.4. The van der Waals surface area contributed by atoms with E-state index in [0.717, 1.165) is 25.2 Å². The molecule has 1 aliphatic carbocycles. The Balaban J connectivity index is 1.10. The predicted octanol–water partition coefficient (Wildman–Crippen LogP) is 2.13. The number of fused-ring (bicyclic) bond motifs is 2. The number of rotatable bonds is 6. The van der Waals surface area contributed by atoms with E-state index in [1.807, 2.05) is 12.1 Å². The van der Waals surface area contributed by atoms with Crippen LogP contribution in [0.15, 0.2) is 42.6 Å². The number of carbonyl (C=O) groups excluding carboxylic acids is 1. The highest BCUT2D eigenvalue weighted by molar-refractivity contribution is 5.68. The largest absolute Gasteiger partial charge is 0.484 e. The summed E-state index contributed by atoms with van der Waals surface area (Å²) in [4.78, 5) is 18.5. The summed E-state index contributed by atoms with van der Waals surface area (Å²) < 4.78 is 17.2. The minimum atomic E-state index is -0.435. The quantitative estimate of drug-likeness (QED) is 0.732. The van der Waals surface area contributed by atoms with E-state index < -0.39 is 6.09 Å². The van der Waals surface area contributed by atoms with Crippen LogP contribution in [-0.2, 0) is 11.3 Å². The van der Waals surface area contributed by atoms with Crippen molar-refractivity contribution in [2.45, 2.75) is 31.7 Å². The van der Waals surface area contributed by atoms with Crippen LogP contribution in [0, 0.1) is 11.8 Å². The average Bonchev–Trinajstić information content (AvgIpc) is 3.22. The molecule has 8 nitrogen and oxygen atoms in total. The molecule has 1 unspecified atom stereocenters. The molecule has 0 spiro atoms. The maximum atomic E-state index is 11.8. The van der Waals surface area contributed by atoms with E-state index in [9.17, 15) is 4.79 Å². The van der Waals surface area contributed by atoms with Crippen molar-refractivity contribution in [3.63, 3.8) is 0 Å². The van der Waals surface area contributed by atoms with Crippen LogP contribution >= 0.6 is 0 Å². The van der Waals surface area contributed by atoms with Crippen molar-refractivity contribution in [1.29, 1.82) is 0 Å². The van der Waals surface area contributed by atoms with Crippen molar-refractivity contribution in [3.8, 4) is 11.6 Å². The molecule has 31 heavy (non-hydrogen) atoms. The first kappa shape index (κ1) is 20.1. The number of aromatic nitrogens is 1. The molecular formula is C23H27N3O5. The molecule has 2 fully saturated rings. The molecule has 0 radical (unpaired) electrons. The standard InChI is InChI=1S/C23H27N3O5/c1-14(12-27)25-23(28)31-21-17-10-26(11-18(17)21)9-15-4-6-16(7-5-15)20-13-29-19-3-2-8-24-22(19)30-20/h2-8,14,17-18,20-21,27H,9-13H2,1H3,(H,25,28)/t14-,17-,18+,20+,21?/m0/s1. The van der Waals surface area contributed by atoms with Crippen LogP contribution in [0.2, 0.25) is 0 Å². The topological polar surface area (TPSA) is 93.2 Å². The number of nitrogens with one attached hydrogen (secondary N) is 1. The van der Waals surface area contributed by atoms with Crippen LogP contribution in [0.5, 0.6) is 11.6 Å². The van der Waals surface area contributed by atoms with Gasteiger partial charge in [0.05, 0.1) is 12.6 Å². The lowest BCUT2D eigenvalue weighted by molar-refractivity contribution is 0.0850. The molecule has 2 N–H and O–H groups in total. The summed E-state index contributed by atoms with van der Waals surface area (Å²) in [5, 5.41) is 11.6. The maximum absolute atomic E-state index is 11.8. The van der Waals surface area contributed by atoms with Crippen molar-refractivity contribution in [3.05, 3.63) is 53.7 Å². The summed E-state index contributed by atoms with van der Waals surface area (Å²) in [5.41, 5.74) is 2.31. The van der Waals surface area contributed by atoms with Crippen LogP contribution in [0.1, 0.15) is 24.2 Å². The number of amides is 1. The third-order valence-corrected chi connectivity index (χ3v) is 6.21. The lowest BCUT2D eigenvalue weighted by Gasteiger charge is -2.26. The molecule has 5 rings (SSSR count). The van der Waals surface area contributed by atoms with Crippen LogP contribution < -0.4 is 14.8 Å². The van der Waals surface area contributed by atoms with Gasteiger partial charge in [-0.3, -0.25) is 4.90 Å². The van der Waals surface area contributed by atoms with E-state index in [4.69, 9.17) is 19.3 Å². The van der Waals surface area contributed by atoms with Crippen molar-refractivity contribution < 1.29 is 24.1 Å². The Labute approximate surface area is 181 Å². The number of hydrogen-bond acceptors (Lipinski definition) is 7. The lowest BCUT2D eigenvalue weighted by Crippen LogP contribution is -2.37. The average molecular weight is 425 g/mol. The summed E-state index contributed by atoms with van der Waals surface area (Å²) in [7, 11) is 0. The normalized spacial score (nSPS) is 27.3. The van der Waals surface area contributed by atoms with Gasteiger partial charge in [-0.25, -0.2) is 9.78 Å². The molecule has 2 aromatic rings. The lowest BCUT2D eigenvalue weighted by atomic mass is 10.1. The Morgan fingerprint density at radius 2 is 2.06 bits per heavy atom. The first-order valence-electron chi connectivity index (χ1n) is 10.7. The number of alkyl carbamates (subject to hydrolysis) is 1. The number of ether oxygens (including phenoxy) is 3. The second-order valence-corrected chi connectivity index (χ2v) is 8.59. The highest BCUT2D eigenvalue weighted by Gasteiger charge is 2.58. The SMILES string of the molecule is C[C@@H](CO)NC(=O)OC1[C@H]2CN(Cc3ccc([C@H]4COc5cccnc5O4)cc3)C[C@@H]12. The van der Waals surface area contributed by atoms with Gasteiger partial charge in [0.2, 0.25) is 0 Å². The van der Waals surface area contributed by atoms with Crippen LogP contribution in [-0.4, -0.2) is 59.5 Å². The smallest absolute Gasteiger partial charge is 0.407 e. The van der Waals surface area contributed by atoms with Crippen LogP contribution in [0.3, 0.4) is 0 Å². The second kappa shape index (κ2) is 8.36. The highest BCUT2D eigenvalue weighted by Crippen LogP contribution is 2.48. The van der Waals surface area contributed by atoms with Crippen molar-refractivity contribution in [2.24, 2.45) is 11.8 Å². The van der Waals surface area contributed by atoms with Gasteiger partial charge < -0.3 is 24.6 Å². The number of aliphatic hydroxyl groups is 1. The molecule has 5 atom stereocenters. The summed E-state index contributed by atoms with van der Waals surface area (Å²) in [6.07, 6.45) is 1.11. The number of piperidine rings is 1. The van der Waals surface area contributed by atoms with E-state index in [-0.39, 0.29) is 24.9 Å². The number of nitrogens with zero attached hydrogens (tertiary/aromatic N) is 2. The van der Waals surface area contributed by atoms with E-state index in [2.05, 4.69) is 39.5 Å². The maximum Gasteiger partial charge on any atom is 0.407 e. The van der Waals surface area contributed by atoms with Gasteiger partial charge in [-0.1, -0.05) is 24.3 Å². The molecule has 1 saturated heterocycles. The van der Waals surface area contributed by atoms with Gasteiger partial charge in [0.1, 0.15) is 12.7 Å². The Morgan fingerprint density at radius 3 is 2.81 bits per heavy atom. The van der Waals surface area contributed by atoms with Gasteiger partial charge >= 0.3 is 6.09 Å². The fourth-order valence-electron chi connectivity index (χ4n) is 4.44. The van der Waals surface area contributed by atoms with E-state index >= 15 is 0 Å². The van der Waals surface area contributed by atoms with E-state index in [1.54, 1.807) is 13.1 Å². The molecule has 8 heteroatoms. The Morgan fingerprint density at radius 1 is 1.29 bits per heavy atom. The first-order chi connectivity index (χ1) is 15.1. The molecular weight excluding hydrogens is 398 g/mol. The molecule has 1 aromatic heterocycles. The minimum absolute atomic E-state index is 0.00413. The third-order valence-electron chi connectivity index (χ3n) is 6.21. The van der Waals surface area contributed by atoms with E-state index in [1.165, 1.54) is 5.56 Å². The number of carbonyl (C=O) groups is 1. The van der Waals surface area contributed by atoms with Gasteiger partial charge in [-0.2, -0.15) is 0 Å². The fraction of sp³-hybridized carbons (Fsp3) is 0.478. The Bertz CT molecular complexity index is 925.